The normalized spacial score (nSPS) is 11.4. The third kappa shape index (κ3) is 3.50. The summed E-state index contributed by atoms with van der Waals surface area (Å²) < 4.78 is 41.4. The summed E-state index contributed by atoms with van der Waals surface area (Å²) in [6.45, 7) is 1.81. The molecule has 0 bridgehead atoms. The van der Waals surface area contributed by atoms with Gasteiger partial charge in [-0.3, -0.25) is 4.72 Å². The van der Waals surface area contributed by atoms with E-state index in [1.807, 2.05) is 29.5 Å². The molecule has 0 radical (unpaired) electrons. The first-order chi connectivity index (χ1) is 9.29. The molecule has 2 aromatic rings. The van der Waals surface area contributed by atoms with Crippen molar-refractivity contribution >= 4 is 54.2 Å². The number of sulfonamides is 1. The molecule has 0 aromatic heterocycles. The lowest BCUT2D eigenvalue weighted by Gasteiger charge is -2.11. The SMILES string of the molecule is Cc1cc(S(=O)(=O)Nc2ccc(F)cc2I)ccc1Br. The predicted molar refractivity (Wildman–Crippen MR) is 88.8 cm³/mol. The van der Waals surface area contributed by atoms with E-state index in [4.69, 9.17) is 0 Å². The molecule has 2 rings (SSSR count). The number of aryl methyl sites for hydroxylation is 1. The Hall–Kier alpha value is -0.670. The molecule has 0 aliphatic rings. The zero-order valence-electron chi connectivity index (χ0n) is 10.3. The molecule has 7 heteroatoms. The second-order valence-electron chi connectivity index (χ2n) is 4.14. The largest absolute Gasteiger partial charge is 0.279 e. The minimum atomic E-state index is -3.69. The van der Waals surface area contributed by atoms with Gasteiger partial charge in [0, 0.05) is 8.04 Å². The van der Waals surface area contributed by atoms with Crippen LogP contribution in [0.2, 0.25) is 0 Å². The number of hydrogen-bond acceptors (Lipinski definition) is 2. The molecule has 1 N–H and O–H groups in total. The summed E-state index contributed by atoms with van der Waals surface area (Å²) in [7, 11) is -3.69. The lowest BCUT2D eigenvalue weighted by Crippen LogP contribution is -2.14. The van der Waals surface area contributed by atoms with Gasteiger partial charge in [0.25, 0.3) is 10.0 Å². The summed E-state index contributed by atoms with van der Waals surface area (Å²) >= 11 is 5.21. The van der Waals surface area contributed by atoms with Crippen molar-refractivity contribution in [2.75, 3.05) is 4.72 Å². The molecular formula is C13H10BrFINO2S. The highest BCUT2D eigenvalue weighted by molar-refractivity contribution is 14.1. The van der Waals surface area contributed by atoms with E-state index < -0.39 is 15.8 Å². The van der Waals surface area contributed by atoms with E-state index in [1.54, 1.807) is 12.1 Å². The van der Waals surface area contributed by atoms with Gasteiger partial charge >= 0.3 is 0 Å². The third-order valence-electron chi connectivity index (χ3n) is 2.62. The number of rotatable bonds is 3. The molecule has 0 unspecified atom stereocenters. The van der Waals surface area contributed by atoms with Crippen molar-refractivity contribution in [2.24, 2.45) is 0 Å². The van der Waals surface area contributed by atoms with Crippen LogP contribution in [-0.2, 0) is 10.0 Å². The Kier molecular flexibility index (Phi) is 4.70. The van der Waals surface area contributed by atoms with E-state index in [0.717, 1.165) is 10.0 Å². The van der Waals surface area contributed by atoms with Gasteiger partial charge in [-0.15, -0.1) is 0 Å². The van der Waals surface area contributed by atoms with Gasteiger partial charge in [0.2, 0.25) is 0 Å². The van der Waals surface area contributed by atoms with Gasteiger partial charge in [0.15, 0.2) is 0 Å². The first kappa shape index (κ1) is 15.7. The molecule has 0 saturated carbocycles. The summed E-state index contributed by atoms with van der Waals surface area (Å²) in [6.07, 6.45) is 0. The minimum absolute atomic E-state index is 0.165. The molecule has 0 heterocycles. The summed E-state index contributed by atoms with van der Waals surface area (Å²) in [5.74, 6) is -0.406. The summed E-state index contributed by atoms with van der Waals surface area (Å²) in [5, 5.41) is 0. The highest BCUT2D eigenvalue weighted by Gasteiger charge is 2.16. The van der Waals surface area contributed by atoms with Crippen LogP contribution in [0.25, 0.3) is 0 Å². The fourth-order valence-corrected chi connectivity index (χ4v) is 3.77. The number of anilines is 1. The van der Waals surface area contributed by atoms with Gasteiger partial charge in [-0.1, -0.05) is 15.9 Å². The van der Waals surface area contributed by atoms with Crippen LogP contribution in [-0.4, -0.2) is 8.42 Å². The molecule has 0 saturated heterocycles. The van der Waals surface area contributed by atoms with E-state index in [0.29, 0.717) is 9.26 Å². The van der Waals surface area contributed by atoms with Crippen LogP contribution in [0, 0.1) is 16.3 Å². The highest BCUT2D eigenvalue weighted by atomic mass is 127. The Balaban J connectivity index is 2.38. The van der Waals surface area contributed by atoms with Crippen molar-refractivity contribution in [1.29, 1.82) is 0 Å². The molecule has 0 aliphatic heterocycles. The molecule has 0 fully saturated rings. The monoisotopic (exact) mass is 469 g/mol. The fraction of sp³-hybridized carbons (Fsp3) is 0.0769. The van der Waals surface area contributed by atoms with Gasteiger partial charge < -0.3 is 0 Å². The molecule has 0 aliphatic carbocycles. The Bertz CT molecular complexity index is 765. The van der Waals surface area contributed by atoms with E-state index >= 15 is 0 Å². The number of nitrogens with one attached hydrogen (secondary N) is 1. The summed E-state index contributed by atoms with van der Waals surface area (Å²) in [6, 6.07) is 8.65. The zero-order chi connectivity index (χ0) is 14.9. The minimum Gasteiger partial charge on any atom is -0.279 e. The molecule has 106 valence electrons. The third-order valence-corrected chi connectivity index (χ3v) is 5.76. The van der Waals surface area contributed by atoms with Crippen molar-refractivity contribution in [2.45, 2.75) is 11.8 Å². The van der Waals surface area contributed by atoms with Crippen LogP contribution >= 0.6 is 38.5 Å². The van der Waals surface area contributed by atoms with Crippen LogP contribution < -0.4 is 4.72 Å². The Morgan fingerprint density at radius 1 is 1.20 bits per heavy atom. The standard InChI is InChI=1S/C13H10BrFINO2S/c1-8-6-10(3-4-11(8)14)20(18,19)17-13-5-2-9(15)7-12(13)16/h2-7,17H,1H3. The van der Waals surface area contributed by atoms with Gasteiger partial charge in [0.05, 0.1) is 10.6 Å². The van der Waals surface area contributed by atoms with Crippen LogP contribution in [0.4, 0.5) is 10.1 Å². The van der Waals surface area contributed by atoms with Crippen molar-refractivity contribution in [1.82, 2.24) is 0 Å². The Morgan fingerprint density at radius 3 is 2.50 bits per heavy atom. The summed E-state index contributed by atoms with van der Waals surface area (Å²) in [5.41, 5.74) is 1.18. The molecule has 0 atom stereocenters. The van der Waals surface area contributed by atoms with Gasteiger partial charge in [-0.05, 0) is 71.5 Å². The maximum Gasteiger partial charge on any atom is 0.261 e. The van der Waals surface area contributed by atoms with Gasteiger partial charge in [-0.25, -0.2) is 12.8 Å². The maximum atomic E-state index is 13.0. The molecular weight excluding hydrogens is 460 g/mol. The average Bonchev–Trinajstić information content (AvgIpc) is 2.36. The van der Waals surface area contributed by atoms with E-state index in [2.05, 4.69) is 20.7 Å². The quantitative estimate of drug-likeness (QED) is 0.681. The van der Waals surface area contributed by atoms with Crippen molar-refractivity contribution in [3.63, 3.8) is 0 Å². The maximum absolute atomic E-state index is 13.0. The molecule has 20 heavy (non-hydrogen) atoms. The molecule has 3 nitrogen and oxygen atoms in total. The Morgan fingerprint density at radius 2 is 1.90 bits per heavy atom. The smallest absolute Gasteiger partial charge is 0.261 e. The molecule has 0 amide bonds. The van der Waals surface area contributed by atoms with Crippen LogP contribution in [0.5, 0.6) is 0 Å². The van der Waals surface area contributed by atoms with Crippen molar-refractivity contribution < 1.29 is 12.8 Å². The highest BCUT2D eigenvalue weighted by Crippen LogP contribution is 2.25. The van der Waals surface area contributed by atoms with E-state index in [-0.39, 0.29) is 4.90 Å². The van der Waals surface area contributed by atoms with Crippen molar-refractivity contribution in [3.05, 3.63) is 55.8 Å². The topological polar surface area (TPSA) is 46.2 Å². The predicted octanol–water partition coefficient (Wildman–Crippen LogP) is 4.30. The second kappa shape index (κ2) is 5.98. The van der Waals surface area contributed by atoms with Gasteiger partial charge in [0.1, 0.15) is 5.82 Å². The van der Waals surface area contributed by atoms with Crippen molar-refractivity contribution in [3.8, 4) is 0 Å². The first-order valence-electron chi connectivity index (χ1n) is 5.53. The fourth-order valence-electron chi connectivity index (χ4n) is 1.56. The first-order valence-corrected chi connectivity index (χ1v) is 8.89. The van der Waals surface area contributed by atoms with Crippen LogP contribution in [0.3, 0.4) is 0 Å². The lowest BCUT2D eigenvalue weighted by molar-refractivity contribution is 0.601. The molecule has 0 spiro atoms. The number of benzene rings is 2. The summed E-state index contributed by atoms with van der Waals surface area (Å²) in [4.78, 5) is 0.165. The van der Waals surface area contributed by atoms with Crippen LogP contribution in [0.15, 0.2) is 45.8 Å². The van der Waals surface area contributed by atoms with Gasteiger partial charge in [-0.2, -0.15) is 0 Å². The Labute approximate surface area is 138 Å². The second-order valence-corrected chi connectivity index (χ2v) is 7.84. The van der Waals surface area contributed by atoms with Crippen LogP contribution in [0.1, 0.15) is 5.56 Å². The lowest BCUT2D eigenvalue weighted by atomic mass is 10.2. The zero-order valence-corrected chi connectivity index (χ0v) is 14.9. The number of hydrogen-bond donors (Lipinski definition) is 1. The molecule has 2 aromatic carbocycles. The average molecular weight is 470 g/mol. The number of halogens is 3. The van der Waals surface area contributed by atoms with E-state index in [9.17, 15) is 12.8 Å². The van der Waals surface area contributed by atoms with E-state index in [1.165, 1.54) is 24.3 Å².